The molecular formula is C28H23Cl3N3O5+. The number of rotatable bonds is 8. The van der Waals surface area contributed by atoms with E-state index < -0.39 is 12.2 Å². The van der Waals surface area contributed by atoms with Gasteiger partial charge >= 0.3 is 5.97 Å². The molecule has 0 bridgehead atoms. The molecule has 200 valence electrons. The third-order valence-electron chi connectivity index (χ3n) is 7.18. The van der Waals surface area contributed by atoms with Crippen molar-refractivity contribution in [1.82, 2.24) is 5.16 Å². The minimum atomic E-state index is -0.954. The minimum absolute atomic E-state index is 0.175. The molecule has 2 fully saturated rings. The quantitative estimate of drug-likeness (QED) is 0.119. The van der Waals surface area contributed by atoms with E-state index in [0.29, 0.717) is 33.4 Å². The van der Waals surface area contributed by atoms with Gasteiger partial charge < -0.3 is 14.4 Å². The molecule has 0 saturated heterocycles. The van der Waals surface area contributed by atoms with Crippen molar-refractivity contribution in [3.63, 3.8) is 0 Å². The molecule has 3 atom stereocenters. The van der Waals surface area contributed by atoms with Crippen molar-refractivity contribution in [2.24, 2.45) is 5.73 Å². The van der Waals surface area contributed by atoms with E-state index in [1.54, 1.807) is 24.3 Å². The zero-order valence-electron chi connectivity index (χ0n) is 20.4. The lowest BCUT2D eigenvalue weighted by atomic mass is 10.0. The first kappa shape index (κ1) is 26.0. The third kappa shape index (κ3) is 5.05. The first-order valence-corrected chi connectivity index (χ1v) is 13.5. The molecule has 2 saturated carbocycles. The molecule has 39 heavy (non-hydrogen) atoms. The first-order valence-electron chi connectivity index (χ1n) is 12.4. The zero-order chi connectivity index (χ0) is 27.4. The molecule has 2 heterocycles. The van der Waals surface area contributed by atoms with Gasteiger partial charge in [0.25, 0.3) is 0 Å². The van der Waals surface area contributed by atoms with Gasteiger partial charge in [0.05, 0.1) is 16.7 Å². The summed E-state index contributed by atoms with van der Waals surface area (Å²) < 4.78 is 12.6. The van der Waals surface area contributed by atoms with Crippen LogP contribution < -0.4 is 15.2 Å². The Kier molecular flexibility index (Phi) is 6.67. The van der Waals surface area contributed by atoms with E-state index in [1.807, 2.05) is 18.2 Å². The van der Waals surface area contributed by atoms with Crippen LogP contribution in [0.5, 0.6) is 5.75 Å². The van der Waals surface area contributed by atoms with Crippen LogP contribution in [0.25, 0.3) is 11.3 Å². The first-order chi connectivity index (χ1) is 18.7. The summed E-state index contributed by atoms with van der Waals surface area (Å²) >= 11 is 19.5. The number of nitrogens with two attached hydrogens (primary N) is 1. The number of carboxylic acids is 1. The standard InChI is InChI=1S/C28H22Cl3N3O5/c29-20-9-16(6-7-17(20)19-10-18(19)14-2-1-3-15(8-14)28(35)36)38-27(32)24-25(33-39-26(24)13-4-5-13)23-21(30)11-34(37)12-22(23)31/h1-3,6-9,11-13,18-19,27H,4-5,10,32H2,(H-,33,35,36,37)/p+1. The molecule has 2 aromatic heterocycles. The molecule has 2 aliphatic carbocycles. The molecule has 0 radical (unpaired) electrons. The number of hydrogen-bond donors (Lipinski definition) is 3. The predicted octanol–water partition coefficient (Wildman–Crippen LogP) is 6.71. The maximum atomic E-state index is 11.3. The van der Waals surface area contributed by atoms with Crippen LogP contribution in [0.4, 0.5) is 0 Å². The lowest BCUT2D eigenvalue weighted by molar-refractivity contribution is -0.904. The molecule has 2 aliphatic rings. The summed E-state index contributed by atoms with van der Waals surface area (Å²) in [5.74, 6) is 0.713. The maximum Gasteiger partial charge on any atom is 0.335 e. The highest BCUT2D eigenvalue weighted by molar-refractivity contribution is 6.38. The summed E-state index contributed by atoms with van der Waals surface area (Å²) in [6, 6.07) is 12.5. The van der Waals surface area contributed by atoms with Gasteiger partial charge in [-0.05, 0) is 66.5 Å². The van der Waals surface area contributed by atoms with E-state index in [9.17, 15) is 15.1 Å². The Balaban J connectivity index is 1.25. The fourth-order valence-corrected chi connectivity index (χ4v) is 5.98. The minimum Gasteiger partial charge on any atom is -0.478 e. The Bertz CT molecular complexity index is 1580. The Morgan fingerprint density at radius 3 is 2.49 bits per heavy atom. The number of aromatic nitrogens is 2. The summed E-state index contributed by atoms with van der Waals surface area (Å²) in [6.07, 6.45) is 4.41. The topological polar surface area (TPSA) is 123 Å². The molecule has 4 aromatic rings. The number of ether oxygens (including phenoxy) is 1. The van der Waals surface area contributed by atoms with Crippen LogP contribution in [-0.4, -0.2) is 21.4 Å². The van der Waals surface area contributed by atoms with Gasteiger partial charge in [0, 0.05) is 15.7 Å². The summed E-state index contributed by atoms with van der Waals surface area (Å²) in [5, 5.41) is 24.2. The highest BCUT2D eigenvalue weighted by atomic mass is 35.5. The van der Waals surface area contributed by atoms with Crippen molar-refractivity contribution in [1.29, 1.82) is 0 Å². The molecule has 3 unspecified atom stereocenters. The lowest BCUT2D eigenvalue weighted by Crippen LogP contribution is -2.29. The van der Waals surface area contributed by atoms with Gasteiger partial charge in [-0.3, -0.25) is 10.9 Å². The average molecular weight is 588 g/mol. The molecule has 4 N–H and O–H groups in total. The van der Waals surface area contributed by atoms with Crippen molar-refractivity contribution in [2.45, 2.75) is 43.2 Å². The fraction of sp³-hybridized carbons (Fsp3) is 0.250. The Morgan fingerprint density at radius 1 is 1.08 bits per heavy atom. The molecule has 2 aromatic carbocycles. The van der Waals surface area contributed by atoms with Crippen LogP contribution in [-0.2, 0) is 0 Å². The maximum absolute atomic E-state index is 11.3. The Hall–Kier alpha value is -3.30. The summed E-state index contributed by atoms with van der Waals surface area (Å²) in [7, 11) is 0. The van der Waals surface area contributed by atoms with Gasteiger partial charge in [-0.2, -0.15) is 0 Å². The number of aromatic carboxylic acids is 1. The van der Waals surface area contributed by atoms with Gasteiger partial charge in [0.15, 0.2) is 6.23 Å². The van der Waals surface area contributed by atoms with E-state index in [1.165, 1.54) is 12.4 Å². The number of hydrogen-bond acceptors (Lipinski definition) is 6. The number of halogens is 3. The molecule has 6 rings (SSSR count). The van der Waals surface area contributed by atoms with Crippen molar-refractivity contribution in [3.05, 3.63) is 97.9 Å². The van der Waals surface area contributed by atoms with Crippen LogP contribution in [0.1, 0.15) is 76.1 Å². The zero-order valence-corrected chi connectivity index (χ0v) is 22.6. The largest absolute Gasteiger partial charge is 0.478 e. The van der Waals surface area contributed by atoms with Crippen LogP contribution >= 0.6 is 34.8 Å². The normalized spacial score (nSPS) is 19.1. The van der Waals surface area contributed by atoms with Crippen molar-refractivity contribution < 1.29 is 29.1 Å². The van der Waals surface area contributed by atoms with Gasteiger partial charge in [-0.25, -0.2) is 4.79 Å². The number of carboxylic acid groups (broad SMARTS) is 1. The van der Waals surface area contributed by atoms with Gasteiger partial charge in [0.2, 0.25) is 12.4 Å². The van der Waals surface area contributed by atoms with Crippen LogP contribution in [0.2, 0.25) is 15.1 Å². The molecule has 0 aliphatic heterocycles. The highest BCUT2D eigenvalue weighted by Gasteiger charge is 2.41. The number of nitrogens with zero attached hydrogens (tertiary/aromatic N) is 2. The summed E-state index contributed by atoms with van der Waals surface area (Å²) in [5.41, 5.74) is 10.0. The number of carbonyl (C=O) groups is 1. The van der Waals surface area contributed by atoms with E-state index in [2.05, 4.69) is 5.16 Å². The molecular weight excluding hydrogens is 565 g/mol. The Morgan fingerprint density at radius 2 is 1.82 bits per heavy atom. The van der Waals surface area contributed by atoms with E-state index in [4.69, 9.17) is 49.8 Å². The third-order valence-corrected chi connectivity index (χ3v) is 8.08. The molecule has 8 nitrogen and oxygen atoms in total. The van der Waals surface area contributed by atoms with Gasteiger partial charge in [0.1, 0.15) is 27.2 Å². The SMILES string of the molecule is NC(Oc1ccc(C2CC2c2cccc(C(=O)O)c2)c(Cl)c1)c1c(-c2c(Cl)c[n+](O)cc2Cl)noc1C1CC1. The second-order valence-corrected chi connectivity index (χ2v) is 11.1. The van der Waals surface area contributed by atoms with E-state index >= 15 is 0 Å². The summed E-state index contributed by atoms with van der Waals surface area (Å²) in [6.45, 7) is 0. The second kappa shape index (κ2) is 10.0. The smallest absolute Gasteiger partial charge is 0.335 e. The van der Waals surface area contributed by atoms with Crippen LogP contribution in [0, 0.1) is 0 Å². The molecule has 0 spiro atoms. The Labute approximate surface area is 238 Å². The number of pyridine rings is 1. The van der Waals surface area contributed by atoms with E-state index in [-0.39, 0.29) is 33.4 Å². The van der Waals surface area contributed by atoms with Crippen LogP contribution in [0.15, 0.2) is 59.4 Å². The van der Waals surface area contributed by atoms with Gasteiger partial charge in [-0.15, -0.1) is 0 Å². The summed E-state index contributed by atoms with van der Waals surface area (Å²) in [4.78, 5) is 11.3. The van der Waals surface area contributed by atoms with E-state index in [0.717, 1.165) is 35.1 Å². The van der Waals surface area contributed by atoms with Crippen molar-refractivity contribution in [3.8, 4) is 17.0 Å². The van der Waals surface area contributed by atoms with Crippen LogP contribution in [0.3, 0.4) is 0 Å². The fourth-order valence-electron chi connectivity index (χ4n) is 5.04. The molecule has 0 amide bonds. The average Bonchev–Trinajstić information content (AvgIpc) is 3.81. The number of benzene rings is 2. The highest BCUT2D eigenvalue weighted by Crippen LogP contribution is 2.56. The van der Waals surface area contributed by atoms with Gasteiger partial charge in [-0.1, -0.05) is 58.2 Å². The van der Waals surface area contributed by atoms with Crippen molar-refractivity contribution in [2.75, 3.05) is 0 Å². The lowest BCUT2D eigenvalue weighted by Gasteiger charge is -2.17. The molecule has 11 heteroatoms. The monoisotopic (exact) mass is 586 g/mol. The predicted molar refractivity (Wildman–Crippen MR) is 144 cm³/mol. The van der Waals surface area contributed by atoms with Crippen molar-refractivity contribution >= 4 is 40.8 Å². The second-order valence-electron chi connectivity index (χ2n) is 9.89.